The van der Waals surface area contributed by atoms with Gasteiger partial charge in [-0.1, -0.05) is 43.3 Å². The number of halogens is 1. The summed E-state index contributed by atoms with van der Waals surface area (Å²) >= 11 is 0. The normalized spacial score (nSPS) is 18.3. The number of carbonyl (C=O) groups is 2. The molecule has 2 unspecified atom stereocenters. The first-order valence-electron chi connectivity index (χ1n) is 12.7. The molecule has 1 saturated heterocycles. The number of hydrogen-bond acceptors (Lipinski definition) is 5. The zero-order chi connectivity index (χ0) is 26.3. The largest absolute Gasteiger partial charge is 0.450 e. The topological polar surface area (TPSA) is 105 Å². The number of likely N-dealkylation sites (tertiary alicyclic amines) is 1. The Bertz CT molecular complexity index is 1060. The van der Waals surface area contributed by atoms with Crippen molar-refractivity contribution in [1.82, 2.24) is 10.2 Å². The van der Waals surface area contributed by atoms with Crippen LogP contribution in [0.3, 0.4) is 0 Å². The number of nitrogens with one attached hydrogen (secondary N) is 1. The van der Waals surface area contributed by atoms with Gasteiger partial charge in [0.05, 0.1) is 18.2 Å². The lowest BCUT2D eigenvalue weighted by atomic mass is 9.72. The van der Waals surface area contributed by atoms with Gasteiger partial charge in [0.15, 0.2) is 0 Å². The Hall–Kier alpha value is -2.97. The van der Waals surface area contributed by atoms with Gasteiger partial charge in [0.1, 0.15) is 5.82 Å². The summed E-state index contributed by atoms with van der Waals surface area (Å²) in [6, 6.07) is 11.8. The van der Waals surface area contributed by atoms with Gasteiger partial charge in [-0.2, -0.15) is 0 Å². The Labute approximate surface area is 212 Å². The highest BCUT2D eigenvalue weighted by atomic mass is 19.1. The van der Waals surface area contributed by atoms with E-state index in [1.54, 1.807) is 24.0 Å². The monoisotopic (exact) mass is 499 g/mol. The van der Waals surface area contributed by atoms with Crippen molar-refractivity contribution in [1.29, 1.82) is 0 Å². The van der Waals surface area contributed by atoms with Gasteiger partial charge < -0.3 is 25.8 Å². The fourth-order valence-corrected chi connectivity index (χ4v) is 5.12. The summed E-state index contributed by atoms with van der Waals surface area (Å²) in [6.07, 6.45) is 2.23. The van der Waals surface area contributed by atoms with Crippen LogP contribution in [0.1, 0.15) is 50.7 Å². The van der Waals surface area contributed by atoms with E-state index in [4.69, 9.17) is 10.5 Å². The number of hydrogen-bond donors (Lipinski definition) is 3. The molecule has 3 atom stereocenters. The number of aliphatic hydroxyl groups is 1. The summed E-state index contributed by atoms with van der Waals surface area (Å²) < 4.78 is 20.6. The van der Waals surface area contributed by atoms with Crippen molar-refractivity contribution in [3.63, 3.8) is 0 Å². The highest BCUT2D eigenvalue weighted by molar-refractivity contribution is 5.81. The van der Waals surface area contributed by atoms with E-state index in [1.165, 1.54) is 13.1 Å². The number of benzene rings is 2. The summed E-state index contributed by atoms with van der Waals surface area (Å²) in [4.78, 5) is 25.9. The maximum Gasteiger partial charge on any atom is 0.406 e. The van der Waals surface area contributed by atoms with Crippen molar-refractivity contribution in [3.05, 3.63) is 59.4 Å². The number of ether oxygens (including phenoxy) is 1. The zero-order valence-electron chi connectivity index (χ0n) is 21.4. The van der Waals surface area contributed by atoms with E-state index >= 15 is 4.39 Å². The van der Waals surface area contributed by atoms with Crippen molar-refractivity contribution < 1.29 is 23.8 Å². The first kappa shape index (κ1) is 27.6. The van der Waals surface area contributed by atoms with Gasteiger partial charge in [-0.15, -0.1) is 0 Å². The molecule has 0 aliphatic carbocycles. The lowest BCUT2D eigenvalue weighted by Crippen LogP contribution is -2.51. The van der Waals surface area contributed by atoms with Crippen molar-refractivity contribution in [2.75, 3.05) is 26.7 Å². The molecule has 0 saturated carbocycles. The number of nitrogens with two attached hydrogens (primary N) is 1. The first-order chi connectivity index (χ1) is 17.2. The second-order valence-corrected chi connectivity index (χ2v) is 9.54. The second kappa shape index (κ2) is 12.3. The lowest BCUT2D eigenvalue weighted by molar-refractivity contribution is -0.137. The molecule has 1 heterocycles. The number of alkyl carbamates (subject to hydrolysis) is 1. The van der Waals surface area contributed by atoms with Crippen LogP contribution < -0.4 is 11.1 Å². The minimum absolute atomic E-state index is 0.104. The fraction of sp³-hybridized carbons (Fsp3) is 0.500. The van der Waals surface area contributed by atoms with E-state index in [-0.39, 0.29) is 24.9 Å². The van der Waals surface area contributed by atoms with E-state index in [1.807, 2.05) is 31.2 Å². The van der Waals surface area contributed by atoms with Gasteiger partial charge in [-0.25, -0.2) is 9.18 Å². The van der Waals surface area contributed by atoms with Gasteiger partial charge in [0.25, 0.3) is 0 Å². The van der Waals surface area contributed by atoms with Gasteiger partial charge in [0.2, 0.25) is 5.91 Å². The minimum atomic E-state index is -1.46. The summed E-state index contributed by atoms with van der Waals surface area (Å²) in [6.45, 7) is 4.68. The molecule has 36 heavy (non-hydrogen) atoms. The second-order valence-electron chi connectivity index (χ2n) is 9.54. The van der Waals surface area contributed by atoms with Crippen molar-refractivity contribution in [2.45, 2.75) is 57.6 Å². The summed E-state index contributed by atoms with van der Waals surface area (Å²) in [7, 11) is 1.48. The average Bonchev–Trinajstić information content (AvgIpc) is 2.90. The molecule has 0 radical (unpaired) electrons. The third-order valence-corrected chi connectivity index (χ3v) is 7.04. The molecule has 0 aromatic heterocycles. The molecule has 1 fully saturated rings. The molecule has 0 spiro atoms. The highest BCUT2D eigenvalue weighted by Gasteiger charge is 2.43. The van der Waals surface area contributed by atoms with E-state index in [2.05, 4.69) is 5.32 Å². The minimum Gasteiger partial charge on any atom is -0.450 e. The van der Waals surface area contributed by atoms with Crippen LogP contribution in [0.15, 0.2) is 42.5 Å². The molecule has 0 bridgehead atoms. The maximum absolute atomic E-state index is 15.4. The molecular weight excluding hydrogens is 461 g/mol. The maximum atomic E-state index is 15.4. The van der Waals surface area contributed by atoms with Crippen LogP contribution in [0.25, 0.3) is 11.1 Å². The van der Waals surface area contributed by atoms with Crippen LogP contribution in [-0.4, -0.2) is 54.8 Å². The molecule has 3 rings (SSSR count). The lowest BCUT2D eigenvalue weighted by Gasteiger charge is -2.44. The average molecular weight is 500 g/mol. The number of carbonyl (C=O) groups excluding carboxylic acids is 2. The van der Waals surface area contributed by atoms with Crippen LogP contribution in [-0.2, 0) is 21.6 Å². The van der Waals surface area contributed by atoms with Gasteiger partial charge in [-0.3, -0.25) is 4.79 Å². The summed E-state index contributed by atoms with van der Waals surface area (Å²) in [5, 5.41) is 14.8. The first-order valence-corrected chi connectivity index (χ1v) is 12.7. The van der Waals surface area contributed by atoms with Crippen molar-refractivity contribution in [3.8, 4) is 11.1 Å². The van der Waals surface area contributed by atoms with Crippen LogP contribution >= 0.6 is 0 Å². The smallest absolute Gasteiger partial charge is 0.406 e. The number of amides is 2. The van der Waals surface area contributed by atoms with Crippen molar-refractivity contribution >= 4 is 12.0 Å². The molecule has 8 heteroatoms. The highest BCUT2D eigenvalue weighted by Crippen LogP contribution is 2.44. The van der Waals surface area contributed by atoms with Gasteiger partial charge >= 0.3 is 6.09 Å². The molecule has 7 nitrogen and oxygen atoms in total. The summed E-state index contributed by atoms with van der Waals surface area (Å²) in [5.74, 6) is -0.927. The Morgan fingerprint density at radius 3 is 2.75 bits per heavy atom. The van der Waals surface area contributed by atoms with E-state index in [0.29, 0.717) is 49.0 Å². The van der Waals surface area contributed by atoms with Gasteiger partial charge in [-0.05, 0) is 61.8 Å². The Morgan fingerprint density at radius 2 is 2.06 bits per heavy atom. The standard InChI is InChI=1S/C28H38FN3O4/c1-4-20-9-5-10-21(17-20)25-23(12-6-13-24(25)29)28(35,14-8-16-36-27(34)31-3)22-11-7-15-32(18-22)26(33)19(2)30/h5-6,9-10,12-13,17,19,22,35H,4,7-8,11,14-16,18,30H2,1-3H3,(H,31,34)/t19-,22?,28?/m0/s1. The van der Waals surface area contributed by atoms with Crippen LogP contribution in [0, 0.1) is 11.7 Å². The SMILES string of the molecule is CCc1cccc(-c2c(F)cccc2C(O)(CCCOC(=O)NC)C2CCCN(C(=O)[C@H](C)N)C2)c1. The van der Waals surface area contributed by atoms with Crippen LogP contribution in [0.5, 0.6) is 0 Å². The van der Waals surface area contributed by atoms with Crippen LogP contribution in [0.4, 0.5) is 9.18 Å². The number of rotatable bonds is 9. The Morgan fingerprint density at radius 1 is 1.31 bits per heavy atom. The molecule has 196 valence electrons. The molecule has 2 aromatic carbocycles. The Kier molecular flexibility index (Phi) is 9.45. The number of aryl methyl sites for hydroxylation is 1. The molecule has 2 amide bonds. The Balaban J connectivity index is 2.04. The van der Waals surface area contributed by atoms with Gasteiger partial charge in [0, 0.05) is 31.6 Å². The fourth-order valence-electron chi connectivity index (χ4n) is 5.12. The molecule has 4 N–H and O–H groups in total. The quantitative estimate of drug-likeness (QED) is 0.453. The zero-order valence-corrected chi connectivity index (χ0v) is 21.4. The summed E-state index contributed by atoms with van der Waals surface area (Å²) in [5.41, 5.74) is 7.01. The number of piperidine rings is 1. The van der Waals surface area contributed by atoms with Crippen LogP contribution in [0.2, 0.25) is 0 Å². The molecule has 1 aliphatic rings. The third-order valence-electron chi connectivity index (χ3n) is 7.04. The van der Waals surface area contributed by atoms with E-state index in [9.17, 15) is 14.7 Å². The molecule has 2 aromatic rings. The van der Waals surface area contributed by atoms with E-state index in [0.717, 1.165) is 12.0 Å². The predicted molar refractivity (Wildman–Crippen MR) is 138 cm³/mol. The third kappa shape index (κ3) is 6.23. The molecular formula is C28H38FN3O4. The van der Waals surface area contributed by atoms with E-state index < -0.39 is 23.6 Å². The molecule has 1 aliphatic heterocycles. The van der Waals surface area contributed by atoms with Crippen molar-refractivity contribution in [2.24, 2.45) is 11.7 Å². The predicted octanol–water partition coefficient (Wildman–Crippen LogP) is 3.96. The number of nitrogens with zero attached hydrogens (tertiary/aromatic N) is 1.